The van der Waals surface area contributed by atoms with E-state index in [1.54, 1.807) is 102 Å². The number of carbonyl (C=O) groups excluding carboxylic acids is 7. The van der Waals surface area contributed by atoms with Crippen LogP contribution in [0.3, 0.4) is 0 Å². The summed E-state index contributed by atoms with van der Waals surface area (Å²) < 4.78 is 17.1. The molecule has 7 fully saturated rings. The number of methoxy groups -OCH3 is 1. The fourth-order valence-electron chi connectivity index (χ4n) is 15.2. The fourth-order valence-corrected chi connectivity index (χ4v) is 15.9. The Balaban J connectivity index is 0.000000147. The van der Waals surface area contributed by atoms with Gasteiger partial charge in [-0.05, 0) is 254 Å². The summed E-state index contributed by atoms with van der Waals surface area (Å²) >= 11 is 16.6. The van der Waals surface area contributed by atoms with Gasteiger partial charge in [0.1, 0.15) is 33.4 Å². The number of pyridine rings is 5. The van der Waals surface area contributed by atoms with Crippen molar-refractivity contribution in [3.8, 4) is 0 Å². The molecule has 0 bridgehead atoms. The van der Waals surface area contributed by atoms with Crippen LogP contribution in [0, 0.1) is 26.0 Å². The number of nitro groups is 2. The van der Waals surface area contributed by atoms with Crippen LogP contribution < -0.4 is 57.4 Å². The Bertz CT molecular complexity index is 6210. The number of benzene rings is 7. The number of aromatic nitrogens is 5. The molecule has 10 N–H and O–H groups in total. The van der Waals surface area contributed by atoms with E-state index in [-0.39, 0.29) is 82.7 Å². The number of para-hydroxylation sites is 11. The number of anilines is 12. The van der Waals surface area contributed by atoms with Crippen molar-refractivity contribution in [3.63, 3.8) is 0 Å². The molecule has 32 nitrogen and oxygen atoms in total. The molecular formula is C107H116Cl3FN18O14. The number of nitrogens with one attached hydrogen (secondary N) is 4. The second kappa shape index (κ2) is 52.7. The van der Waals surface area contributed by atoms with Crippen molar-refractivity contribution in [1.82, 2.24) is 30.4 Å². The van der Waals surface area contributed by atoms with Crippen LogP contribution in [0.15, 0.2) is 262 Å². The molecule has 7 aromatic carbocycles. The Morgan fingerprint density at radius 3 is 1.31 bits per heavy atom. The molecule has 8 heterocycles. The molecule has 0 saturated heterocycles. The largest absolute Gasteiger partial charge is 0.469 e. The van der Waals surface area contributed by atoms with Crippen LogP contribution in [0.25, 0.3) is 0 Å². The van der Waals surface area contributed by atoms with E-state index in [2.05, 4.69) is 67.7 Å². The molecule has 0 unspecified atom stereocenters. The van der Waals surface area contributed by atoms with Gasteiger partial charge in [0.25, 0.3) is 22.7 Å². The second-order valence-corrected chi connectivity index (χ2v) is 35.6. The highest BCUT2D eigenvalue weighted by Crippen LogP contribution is 2.49. The minimum atomic E-state index is -0.799. The number of hydroxylamine groups is 1. The van der Waals surface area contributed by atoms with E-state index in [1.165, 1.54) is 88.9 Å². The molecule has 36 heteroatoms. The van der Waals surface area contributed by atoms with Crippen LogP contribution in [-0.4, -0.2) is 155 Å². The topological polar surface area (TPSA) is 436 Å². The maximum absolute atomic E-state index is 13.3. The average molecular weight is 2000 g/mol. The van der Waals surface area contributed by atoms with E-state index in [9.17, 15) is 58.2 Å². The molecule has 0 spiro atoms. The molecular weight excluding hydrogens is 1890 g/mol. The van der Waals surface area contributed by atoms with Gasteiger partial charge in [0.15, 0.2) is 11.6 Å². The van der Waals surface area contributed by atoms with Crippen molar-refractivity contribution in [3.05, 3.63) is 337 Å². The van der Waals surface area contributed by atoms with Gasteiger partial charge in [0.2, 0.25) is 11.7 Å². The van der Waals surface area contributed by atoms with Gasteiger partial charge < -0.3 is 61.8 Å². The molecule has 12 aromatic rings. The lowest BCUT2D eigenvalue weighted by Gasteiger charge is -2.26. The summed E-state index contributed by atoms with van der Waals surface area (Å²) in [6.07, 6.45) is 27.0. The first-order chi connectivity index (χ1) is 68.9. The Morgan fingerprint density at radius 1 is 0.483 bits per heavy atom. The number of Topliss-reactive ketones (excluding diaryl/α,β-unsaturated/α-hetero) is 2. The number of nitro benzene ring substituents is 2. The van der Waals surface area contributed by atoms with Crippen molar-refractivity contribution in [2.75, 3.05) is 73.0 Å². The number of fused-ring (bicyclic) bond motifs is 6. The predicted octanol–water partition coefficient (Wildman–Crippen LogP) is 21.4. The molecule has 0 radical (unpaired) electrons. The number of nitrogens with two attached hydrogens (primary N) is 2. The molecule has 7 saturated carbocycles. The van der Waals surface area contributed by atoms with Gasteiger partial charge in [-0.2, -0.15) is 4.39 Å². The summed E-state index contributed by atoms with van der Waals surface area (Å²) in [6.45, 7) is 2.77. The molecule has 7 aliphatic carbocycles. The van der Waals surface area contributed by atoms with Crippen molar-refractivity contribution in [2.45, 2.75) is 185 Å². The van der Waals surface area contributed by atoms with Gasteiger partial charge in [-0.15, -0.1) is 0 Å². The first kappa shape index (κ1) is 107. The number of nitrogens with zero attached hydrogens (tertiary/aromatic N) is 12. The van der Waals surface area contributed by atoms with E-state index >= 15 is 0 Å². The van der Waals surface area contributed by atoms with Gasteiger partial charge in [0, 0.05) is 142 Å². The number of aliphatic hydroxyl groups excluding tert-OH is 1. The highest BCUT2D eigenvalue weighted by molar-refractivity contribution is 6.68. The Hall–Kier alpha value is -14.7. The number of nitrogen functional groups attached to an aromatic ring is 1. The zero-order valence-corrected chi connectivity index (χ0v) is 80.7. The summed E-state index contributed by atoms with van der Waals surface area (Å²) in [7, 11) is 1.38. The summed E-state index contributed by atoms with van der Waals surface area (Å²) in [5.74, 6) is 0.705. The lowest BCUT2D eigenvalue weighted by atomic mass is 10.0. The van der Waals surface area contributed by atoms with Crippen molar-refractivity contribution >= 4 is 155 Å². The predicted molar refractivity (Wildman–Crippen MR) is 556 cm³/mol. The molecule has 143 heavy (non-hydrogen) atoms. The van der Waals surface area contributed by atoms with Gasteiger partial charge in [-0.25, -0.2) is 30.4 Å². The highest BCUT2D eigenvalue weighted by atomic mass is 35.5. The van der Waals surface area contributed by atoms with Crippen LogP contribution in [-0.2, 0) is 27.2 Å². The molecule has 3 aliphatic heterocycles. The third kappa shape index (κ3) is 30.9. The normalized spacial score (nSPS) is 14.9. The Labute approximate surface area is 844 Å². The number of aliphatic hydroxyl groups is 1. The van der Waals surface area contributed by atoms with E-state index in [0.717, 1.165) is 124 Å². The van der Waals surface area contributed by atoms with Crippen LogP contribution in [0.2, 0.25) is 10.3 Å². The van der Waals surface area contributed by atoms with Crippen molar-refractivity contribution in [1.29, 1.82) is 0 Å². The monoisotopic (exact) mass is 2000 g/mol. The van der Waals surface area contributed by atoms with E-state index in [0.29, 0.717) is 109 Å². The number of amides is 3. The molecule has 5 aromatic heterocycles. The quantitative estimate of drug-likeness (QED) is 0.00431. The zero-order valence-electron chi connectivity index (χ0n) is 78.5. The summed E-state index contributed by atoms with van der Waals surface area (Å²) in [6, 6.07) is 72.5. The summed E-state index contributed by atoms with van der Waals surface area (Å²) in [4.78, 5) is 135. The molecule has 746 valence electrons. The van der Waals surface area contributed by atoms with Gasteiger partial charge in [0.05, 0.1) is 78.9 Å². The molecule has 10 aliphatic rings. The summed E-state index contributed by atoms with van der Waals surface area (Å²) in [5, 5.41) is 46.6. The van der Waals surface area contributed by atoms with Gasteiger partial charge in [-0.3, -0.25) is 59.0 Å². The smallest absolute Gasteiger partial charge is 0.305 e. The van der Waals surface area contributed by atoms with E-state index < -0.39 is 27.6 Å². The SMILES string of the molecule is C.CCO.COC(=O)CCCN1C(=O)c2cccnc2N(C2CC2)c2ccccc21.NC1CC1.Nc1ccccc1NC1CC1.O=C(CCCN1C(=O)c2cccnc2N(C2CC2)c2ccccc21)NO.O=C(Cc1ccccc1NC1CC1)c1cccnc1Cl.O=C(Cl)c1cccnc1Cl.O=C1Cc2ccccc2N(C2CC2)c2ncccc21.O=[N+]([O-])c1ccccc1F.O=[N+]([O-])c1ccccc1NC1CC1. The fraction of sp³-hybridized carbons (Fsp3) is 0.308. The Morgan fingerprint density at radius 2 is 0.867 bits per heavy atom. The van der Waals surface area contributed by atoms with E-state index in [1.807, 2.05) is 127 Å². The van der Waals surface area contributed by atoms with Gasteiger partial charge in [-0.1, -0.05) is 128 Å². The first-order valence-electron chi connectivity index (χ1n) is 47.2. The highest BCUT2D eigenvalue weighted by Gasteiger charge is 2.42. The number of halogens is 4. The number of esters is 1. The third-order valence-corrected chi connectivity index (χ3v) is 24.1. The molecule has 0 atom stereocenters. The number of ether oxygens (including phenoxy) is 1. The maximum Gasteiger partial charge on any atom is 0.305 e. The van der Waals surface area contributed by atoms with Crippen molar-refractivity contribution in [2.24, 2.45) is 5.73 Å². The number of carbonyl (C=O) groups is 7. The average Bonchev–Trinajstić information content (AvgIpc) is 1.61. The van der Waals surface area contributed by atoms with Crippen LogP contribution in [0.1, 0.15) is 193 Å². The van der Waals surface area contributed by atoms with Crippen LogP contribution in [0.5, 0.6) is 0 Å². The third-order valence-electron chi connectivity index (χ3n) is 23.3. The number of hydrogen-bond donors (Lipinski definition) is 8. The van der Waals surface area contributed by atoms with Crippen LogP contribution >= 0.6 is 34.8 Å². The zero-order chi connectivity index (χ0) is 101. The van der Waals surface area contributed by atoms with Gasteiger partial charge >= 0.3 is 11.7 Å². The maximum atomic E-state index is 13.3. The van der Waals surface area contributed by atoms with Crippen LogP contribution in [0.4, 0.5) is 84.4 Å². The standard InChI is InChI=1S/C20H21N3O3.C19H20N4O3.C16H15ClN2O.C16H14N2O.C9H10N2O2.C9H12N2.C6H3Cl2NO.C6H4FNO2.C3H7N.C2H6O.CH4/c1-26-18(24)9-5-13-22-16-7-2-3-8-17(16)23(14-10-11-14)19-15(20(22)25)6-4-12-21-19;24-17(21-26)8-4-12-22-15-6-1-2-7-16(15)23(13-9-10-13)18-14(19(22)25)5-3-11-20-18;17-16-13(5-3-9-18-16)15(20)10-11-4-1-2-6-14(11)19-12-7-8-12;19-15-10-11-4-1-2-6-14(11)18(12-7-8-12)16-13(15)5-3-9-17-16;12-11(13)9-4-2-1-3-8(9)10-7-5-6-7;10-8-3-1-2-4-9(8)11-7-5-6-7;7-5-4(6(8)10)2-1-3-9-5;7-5-3-1-2-4-6(5)8(9)10;4-3-1-2-3;1-2-3;/h2-4,6-8,12,14H,5,9-11,13H2,1H3;1-3,5-7,11,13,26H,4,8-10,12H2,(H,21,24);1-6,9,12,19H,7-8,10H2;1-6,9,12H,7-8,10H2;1-4,7,10H,5-6H2;1-4,7,11H,5-6,10H2;1-3H;1-4H;3H,1-2,4H2;3H,2H2,1H3;1H4. The molecule has 3 amide bonds. The first-order valence-corrected chi connectivity index (χ1v) is 48.3. The Kier molecular flexibility index (Phi) is 39.4. The van der Waals surface area contributed by atoms with Crippen molar-refractivity contribution < 1.29 is 62.8 Å². The lowest BCUT2D eigenvalue weighted by Crippen LogP contribution is -2.32. The van der Waals surface area contributed by atoms with E-state index in [4.69, 9.17) is 61.3 Å². The lowest BCUT2D eigenvalue weighted by molar-refractivity contribution is -0.387. The summed E-state index contributed by atoms with van der Waals surface area (Å²) in [5.41, 5.74) is 25.4. The number of hydrogen-bond acceptors (Lipinski definition) is 27. The number of rotatable bonds is 23. The number of ketones is 2. The minimum absolute atomic E-state index is 0. The minimum Gasteiger partial charge on any atom is -0.469 e. The second-order valence-electron chi connectivity index (χ2n) is 34.6. The molecule has 22 rings (SSSR count).